The molecular formula is C15H24O8. The first-order valence-electron chi connectivity index (χ1n) is 7.52. The maximum atomic E-state index is 12.4. The van der Waals surface area contributed by atoms with Crippen molar-refractivity contribution in [2.45, 2.75) is 34.6 Å². The third kappa shape index (κ3) is 4.43. The van der Waals surface area contributed by atoms with Crippen molar-refractivity contribution in [3.05, 3.63) is 0 Å². The zero-order valence-electron chi connectivity index (χ0n) is 14.2. The fourth-order valence-electron chi connectivity index (χ4n) is 1.96. The van der Waals surface area contributed by atoms with E-state index in [4.69, 9.17) is 18.9 Å². The monoisotopic (exact) mass is 332 g/mol. The Bertz CT molecular complexity index is 397. The Balaban J connectivity index is 6.11. The molecule has 0 fully saturated rings. The molecule has 0 aliphatic carbocycles. The van der Waals surface area contributed by atoms with Crippen molar-refractivity contribution >= 4 is 23.9 Å². The second kappa shape index (κ2) is 9.81. The molecule has 0 spiro atoms. The summed E-state index contributed by atoms with van der Waals surface area (Å²) < 4.78 is 19.4. The van der Waals surface area contributed by atoms with Crippen molar-refractivity contribution in [2.24, 2.45) is 11.3 Å². The third-order valence-corrected chi connectivity index (χ3v) is 3.08. The Morgan fingerprint density at radius 2 is 1.00 bits per heavy atom. The lowest BCUT2D eigenvalue weighted by atomic mass is 9.75. The van der Waals surface area contributed by atoms with Crippen LogP contribution in [0.3, 0.4) is 0 Å². The van der Waals surface area contributed by atoms with E-state index < -0.39 is 35.2 Å². The average molecular weight is 332 g/mol. The van der Waals surface area contributed by atoms with Gasteiger partial charge in [0, 0.05) is 0 Å². The minimum absolute atomic E-state index is 0.0216. The average Bonchev–Trinajstić information content (AvgIpc) is 2.49. The zero-order chi connectivity index (χ0) is 18.0. The summed E-state index contributed by atoms with van der Waals surface area (Å²) in [5, 5.41) is 0. The quantitative estimate of drug-likeness (QED) is 0.348. The molecule has 0 saturated carbocycles. The molecule has 0 aromatic heterocycles. The number of carbonyl (C=O) groups excluding carboxylic acids is 4. The molecule has 0 unspecified atom stereocenters. The Hall–Kier alpha value is -2.12. The van der Waals surface area contributed by atoms with Gasteiger partial charge in [0.15, 0.2) is 0 Å². The highest BCUT2D eigenvalue weighted by molar-refractivity contribution is 6.20. The van der Waals surface area contributed by atoms with Gasteiger partial charge in [0.1, 0.15) is 0 Å². The summed E-state index contributed by atoms with van der Waals surface area (Å²) in [6.45, 7) is 7.07. The zero-order valence-corrected chi connectivity index (χ0v) is 14.2. The van der Waals surface area contributed by atoms with Crippen LogP contribution in [0.4, 0.5) is 0 Å². The van der Waals surface area contributed by atoms with Gasteiger partial charge in [-0.05, 0) is 34.6 Å². The summed E-state index contributed by atoms with van der Waals surface area (Å²) in [6.07, 6.45) is 0. The Morgan fingerprint density at radius 3 is 1.26 bits per heavy atom. The van der Waals surface area contributed by atoms with E-state index in [9.17, 15) is 19.2 Å². The molecule has 8 nitrogen and oxygen atoms in total. The predicted octanol–water partition coefficient (Wildman–Crippen LogP) is 0.861. The van der Waals surface area contributed by atoms with E-state index in [-0.39, 0.29) is 26.4 Å². The van der Waals surface area contributed by atoms with Crippen molar-refractivity contribution in [3.63, 3.8) is 0 Å². The minimum Gasteiger partial charge on any atom is -0.466 e. The number of hydrogen-bond acceptors (Lipinski definition) is 8. The van der Waals surface area contributed by atoms with Gasteiger partial charge < -0.3 is 18.9 Å². The van der Waals surface area contributed by atoms with Crippen LogP contribution in [0.2, 0.25) is 0 Å². The number of ether oxygens (including phenoxy) is 4. The summed E-state index contributed by atoms with van der Waals surface area (Å²) in [6, 6.07) is 0. The Labute approximate surface area is 135 Å². The molecule has 0 heterocycles. The van der Waals surface area contributed by atoms with E-state index in [2.05, 4.69) is 0 Å². The first kappa shape index (κ1) is 20.9. The molecule has 0 amide bonds. The molecular weight excluding hydrogens is 308 g/mol. The van der Waals surface area contributed by atoms with Crippen LogP contribution in [0, 0.1) is 11.3 Å². The lowest BCUT2D eigenvalue weighted by Gasteiger charge is -2.30. The first-order valence-corrected chi connectivity index (χ1v) is 7.52. The summed E-state index contributed by atoms with van der Waals surface area (Å²) in [4.78, 5) is 49.3. The standard InChI is InChI=1S/C15H24O8/c1-6-20-11(16)10(5)15(12(17)21-7-2,13(18)22-8-3)14(19)23-9-4/h10H,6-9H2,1-5H3/t10-/m1/s1. The molecule has 1 atom stereocenters. The van der Waals surface area contributed by atoms with Crippen LogP contribution in [0.5, 0.6) is 0 Å². The van der Waals surface area contributed by atoms with Crippen LogP contribution in [0.1, 0.15) is 34.6 Å². The van der Waals surface area contributed by atoms with Gasteiger partial charge in [-0.1, -0.05) is 0 Å². The highest BCUT2D eigenvalue weighted by Gasteiger charge is 2.64. The molecule has 0 bridgehead atoms. The van der Waals surface area contributed by atoms with E-state index >= 15 is 0 Å². The maximum Gasteiger partial charge on any atom is 0.336 e. The molecule has 0 aliphatic rings. The van der Waals surface area contributed by atoms with Gasteiger partial charge in [-0.25, -0.2) is 0 Å². The lowest BCUT2D eigenvalue weighted by Crippen LogP contribution is -2.56. The minimum atomic E-state index is -2.55. The van der Waals surface area contributed by atoms with Gasteiger partial charge in [0.05, 0.1) is 32.3 Å². The van der Waals surface area contributed by atoms with Gasteiger partial charge in [-0.3, -0.25) is 19.2 Å². The molecule has 0 aliphatic heterocycles. The summed E-state index contributed by atoms with van der Waals surface area (Å²) in [5.41, 5.74) is -2.55. The summed E-state index contributed by atoms with van der Waals surface area (Å²) in [5.74, 6) is -5.95. The molecule has 8 heteroatoms. The summed E-state index contributed by atoms with van der Waals surface area (Å²) >= 11 is 0. The lowest BCUT2D eigenvalue weighted by molar-refractivity contribution is -0.193. The Kier molecular flexibility index (Phi) is 8.90. The second-order valence-electron chi connectivity index (χ2n) is 4.44. The van der Waals surface area contributed by atoms with Crippen LogP contribution in [-0.2, 0) is 38.1 Å². The topological polar surface area (TPSA) is 105 Å². The van der Waals surface area contributed by atoms with Crippen molar-refractivity contribution in [1.82, 2.24) is 0 Å². The molecule has 132 valence electrons. The van der Waals surface area contributed by atoms with Crippen molar-refractivity contribution in [2.75, 3.05) is 26.4 Å². The van der Waals surface area contributed by atoms with Crippen LogP contribution in [0.15, 0.2) is 0 Å². The molecule has 0 saturated heterocycles. The number of rotatable bonds is 9. The highest BCUT2D eigenvalue weighted by Crippen LogP contribution is 2.34. The third-order valence-electron chi connectivity index (χ3n) is 3.08. The fraction of sp³-hybridized carbons (Fsp3) is 0.733. The molecule has 0 radical (unpaired) electrons. The molecule has 0 aromatic carbocycles. The van der Waals surface area contributed by atoms with E-state index in [0.29, 0.717) is 0 Å². The number of carbonyl (C=O) groups is 4. The maximum absolute atomic E-state index is 12.4. The molecule has 0 aromatic rings. The molecule has 0 N–H and O–H groups in total. The normalized spacial score (nSPS) is 12.0. The van der Waals surface area contributed by atoms with E-state index in [1.807, 2.05) is 0 Å². The van der Waals surface area contributed by atoms with Gasteiger partial charge in [-0.2, -0.15) is 0 Å². The fourth-order valence-corrected chi connectivity index (χ4v) is 1.96. The van der Waals surface area contributed by atoms with Gasteiger partial charge in [0.2, 0.25) is 0 Å². The van der Waals surface area contributed by atoms with Crippen LogP contribution >= 0.6 is 0 Å². The summed E-state index contributed by atoms with van der Waals surface area (Å²) in [7, 11) is 0. The van der Waals surface area contributed by atoms with E-state index in [1.54, 1.807) is 6.92 Å². The van der Waals surface area contributed by atoms with Crippen molar-refractivity contribution in [3.8, 4) is 0 Å². The second-order valence-corrected chi connectivity index (χ2v) is 4.44. The van der Waals surface area contributed by atoms with Crippen LogP contribution in [-0.4, -0.2) is 50.3 Å². The molecule has 23 heavy (non-hydrogen) atoms. The first-order chi connectivity index (χ1) is 10.8. The molecule has 0 rings (SSSR count). The van der Waals surface area contributed by atoms with Gasteiger partial charge in [-0.15, -0.1) is 0 Å². The largest absolute Gasteiger partial charge is 0.466 e. The predicted molar refractivity (Wildman–Crippen MR) is 78.1 cm³/mol. The highest BCUT2D eigenvalue weighted by atomic mass is 16.6. The van der Waals surface area contributed by atoms with E-state index in [0.717, 1.165) is 0 Å². The number of esters is 4. The van der Waals surface area contributed by atoms with Gasteiger partial charge in [0.25, 0.3) is 5.41 Å². The van der Waals surface area contributed by atoms with Crippen molar-refractivity contribution < 1.29 is 38.1 Å². The number of hydrogen-bond donors (Lipinski definition) is 0. The Morgan fingerprint density at radius 1 is 0.696 bits per heavy atom. The van der Waals surface area contributed by atoms with Gasteiger partial charge >= 0.3 is 23.9 Å². The van der Waals surface area contributed by atoms with Crippen LogP contribution in [0.25, 0.3) is 0 Å². The smallest absolute Gasteiger partial charge is 0.336 e. The SMILES string of the molecule is CCOC(=O)[C@@H](C)C(C(=O)OCC)(C(=O)OCC)C(=O)OCC. The van der Waals surface area contributed by atoms with E-state index in [1.165, 1.54) is 27.7 Å². The van der Waals surface area contributed by atoms with Crippen LogP contribution < -0.4 is 0 Å². The van der Waals surface area contributed by atoms with Crippen molar-refractivity contribution in [1.29, 1.82) is 0 Å².